The van der Waals surface area contributed by atoms with Gasteiger partial charge < -0.3 is 24.7 Å². The van der Waals surface area contributed by atoms with Crippen LogP contribution in [0.4, 0.5) is 0 Å². The van der Waals surface area contributed by atoms with Crippen LogP contribution in [0.5, 0.6) is 17.2 Å². The number of carbonyl (C=O) groups excluding carboxylic acids is 1. The standard InChI is InChI=1S/C28H28NO7PS/c30-23-11-6-19(16-24(23)31)28-26(22-10-9-21(37(33,34)35)17-25(22)38-28)27(32)18-4-7-20(8-5-18)36-15-14-29-12-2-1-3-13-29/h4-11,16-17,30-31H,1-3,12-15H2,(H2,33,34,35). The monoisotopic (exact) mass is 553 g/mol. The molecule has 5 rings (SSSR count). The summed E-state index contributed by atoms with van der Waals surface area (Å²) in [5, 5.41) is 20.2. The minimum Gasteiger partial charge on any atom is -0.504 e. The van der Waals surface area contributed by atoms with Gasteiger partial charge in [0.25, 0.3) is 0 Å². The first-order valence-corrected chi connectivity index (χ1v) is 14.8. The van der Waals surface area contributed by atoms with Crippen molar-refractivity contribution in [1.29, 1.82) is 0 Å². The summed E-state index contributed by atoms with van der Waals surface area (Å²) in [6, 6.07) is 15.4. The van der Waals surface area contributed by atoms with Gasteiger partial charge in [0.2, 0.25) is 0 Å². The Kier molecular flexibility index (Phi) is 7.56. The molecular weight excluding hydrogens is 525 g/mol. The molecule has 38 heavy (non-hydrogen) atoms. The molecule has 1 saturated heterocycles. The zero-order valence-electron chi connectivity index (χ0n) is 20.5. The molecule has 198 valence electrons. The van der Waals surface area contributed by atoms with Crippen molar-refractivity contribution >= 4 is 40.1 Å². The molecule has 4 N–H and O–H groups in total. The first kappa shape index (κ1) is 26.4. The number of nitrogens with zero attached hydrogens (tertiary/aromatic N) is 1. The van der Waals surface area contributed by atoms with E-state index in [9.17, 15) is 29.4 Å². The van der Waals surface area contributed by atoms with Gasteiger partial charge in [0.15, 0.2) is 17.3 Å². The van der Waals surface area contributed by atoms with Crippen molar-refractivity contribution in [3.8, 4) is 27.7 Å². The van der Waals surface area contributed by atoms with Crippen LogP contribution in [0.3, 0.4) is 0 Å². The summed E-state index contributed by atoms with van der Waals surface area (Å²) in [7, 11) is -4.49. The predicted molar refractivity (Wildman–Crippen MR) is 148 cm³/mol. The third-order valence-corrected chi connectivity index (χ3v) is 8.87. The zero-order chi connectivity index (χ0) is 26.9. The lowest BCUT2D eigenvalue weighted by Gasteiger charge is -2.26. The van der Waals surface area contributed by atoms with Crippen LogP contribution in [-0.4, -0.2) is 56.9 Å². The van der Waals surface area contributed by atoms with Crippen LogP contribution >= 0.6 is 18.9 Å². The second kappa shape index (κ2) is 10.9. The third kappa shape index (κ3) is 5.62. The predicted octanol–water partition coefficient (Wildman–Crippen LogP) is 4.88. The molecule has 1 fully saturated rings. The van der Waals surface area contributed by atoms with E-state index in [0.29, 0.717) is 44.0 Å². The highest BCUT2D eigenvalue weighted by atomic mass is 32.1. The lowest BCUT2D eigenvalue weighted by Crippen LogP contribution is -2.33. The molecule has 0 saturated carbocycles. The van der Waals surface area contributed by atoms with Crippen molar-refractivity contribution < 1.29 is 34.1 Å². The van der Waals surface area contributed by atoms with Gasteiger partial charge in [0, 0.05) is 32.6 Å². The molecule has 8 nitrogen and oxygen atoms in total. The molecular formula is C28H28NO7PS. The van der Waals surface area contributed by atoms with E-state index in [1.807, 2.05) is 0 Å². The summed E-state index contributed by atoms with van der Waals surface area (Å²) in [6.07, 6.45) is 3.73. The molecule has 1 aromatic heterocycles. The Balaban J connectivity index is 1.45. The number of piperidine rings is 1. The number of likely N-dealkylation sites (tertiary alicyclic amines) is 1. The fourth-order valence-corrected chi connectivity index (χ4v) is 6.57. The summed E-state index contributed by atoms with van der Waals surface area (Å²) >= 11 is 1.19. The summed E-state index contributed by atoms with van der Waals surface area (Å²) in [5.74, 6) is -0.228. The Morgan fingerprint density at radius 2 is 1.66 bits per heavy atom. The summed E-state index contributed by atoms with van der Waals surface area (Å²) in [5.41, 5.74) is 1.28. The average Bonchev–Trinajstić information content (AvgIpc) is 3.29. The molecule has 1 aliphatic heterocycles. The van der Waals surface area contributed by atoms with Crippen LogP contribution in [0.15, 0.2) is 60.7 Å². The Hall–Kier alpha value is -3.20. The van der Waals surface area contributed by atoms with Crippen molar-refractivity contribution in [2.24, 2.45) is 0 Å². The van der Waals surface area contributed by atoms with Gasteiger partial charge in [-0.2, -0.15) is 0 Å². The fraction of sp³-hybridized carbons (Fsp3) is 0.250. The highest BCUT2D eigenvalue weighted by molar-refractivity contribution is 7.60. The molecule has 0 amide bonds. The minimum absolute atomic E-state index is 0.142. The van der Waals surface area contributed by atoms with Gasteiger partial charge in [-0.3, -0.25) is 14.3 Å². The van der Waals surface area contributed by atoms with Crippen molar-refractivity contribution in [2.75, 3.05) is 26.2 Å². The molecule has 3 aromatic carbocycles. The third-order valence-electron chi connectivity index (χ3n) is 6.72. The maximum atomic E-state index is 13.8. The highest BCUT2D eigenvalue weighted by Crippen LogP contribution is 2.43. The maximum Gasteiger partial charge on any atom is 0.356 e. The summed E-state index contributed by atoms with van der Waals surface area (Å²) in [6.45, 7) is 3.63. The molecule has 2 heterocycles. The first-order valence-electron chi connectivity index (χ1n) is 12.4. The van der Waals surface area contributed by atoms with Crippen LogP contribution in [0.25, 0.3) is 20.5 Å². The van der Waals surface area contributed by atoms with Crippen LogP contribution < -0.4 is 10.0 Å². The van der Waals surface area contributed by atoms with E-state index in [1.165, 1.54) is 60.9 Å². The Morgan fingerprint density at radius 1 is 0.921 bits per heavy atom. The molecule has 0 aliphatic carbocycles. The molecule has 1 aliphatic rings. The smallest absolute Gasteiger partial charge is 0.356 e. The van der Waals surface area contributed by atoms with Crippen LogP contribution in [0.1, 0.15) is 35.2 Å². The summed E-state index contributed by atoms with van der Waals surface area (Å²) in [4.78, 5) is 35.9. The second-order valence-corrected chi connectivity index (χ2v) is 12.0. The van der Waals surface area contributed by atoms with Gasteiger partial charge in [-0.1, -0.05) is 12.5 Å². The number of fused-ring (bicyclic) bond motifs is 1. The number of hydrogen-bond donors (Lipinski definition) is 4. The van der Waals surface area contributed by atoms with Gasteiger partial charge in [-0.15, -0.1) is 11.3 Å². The van der Waals surface area contributed by atoms with Gasteiger partial charge in [-0.05, 0) is 86.1 Å². The van der Waals surface area contributed by atoms with Gasteiger partial charge in [0.1, 0.15) is 12.4 Å². The minimum atomic E-state index is -4.49. The topological polar surface area (TPSA) is 128 Å². The molecule has 0 radical (unpaired) electrons. The number of rotatable bonds is 8. The molecule has 0 bridgehead atoms. The number of phenols is 2. The van der Waals surface area contributed by atoms with Gasteiger partial charge >= 0.3 is 7.60 Å². The van der Waals surface area contributed by atoms with E-state index in [4.69, 9.17) is 4.74 Å². The van der Waals surface area contributed by atoms with Gasteiger partial charge in [-0.25, -0.2) is 0 Å². The second-order valence-electron chi connectivity index (χ2n) is 9.34. The first-order chi connectivity index (χ1) is 18.2. The number of benzene rings is 3. The van der Waals surface area contributed by atoms with Crippen LogP contribution in [-0.2, 0) is 4.57 Å². The average molecular weight is 554 g/mol. The zero-order valence-corrected chi connectivity index (χ0v) is 22.3. The Bertz CT molecular complexity index is 1520. The van der Waals surface area contributed by atoms with E-state index in [1.54, 1.807) is 30.3 Å². The number of thiophene rings is 1. The fourth-order valence-electron chi connectivity index (χ4n) is 4.68. The van der Waals surface area contributed by atoms with E-state index in [2.05, 4.69) is 4.90 Å². The number of aromatic hydroxyl groups is 2. The van der Waals surface area contributed by atoms with Crippen LogP contribution in [0, 0.1) is 0 Å². The Labute approximate surface area is 223 Å². The molecule has 4 aromatic rings. The van der Waals surface area contributed by atoms with Crippen molar-refractivity contribution in [3.63, 3.8) is 0 Å². The van der Waals surface area contributed by atoms with Crippen molar-refractivity contribution in [2.45, 2.75) is 19.3 Å². The number of ketones is 1. The number of phenolic OH excluding ortho intramolecular Hbond substituents is 2. The quantitative estimate of drug-likeness (QED) is 0.138. The lowest BCUT2D eigenvalue weighted by molar-refractivity contribution is 0.104. The molecule has 0 unspecified atom stereocenters. The van der Waals surface area contributed by atoms with Crippen molar-refractivity contribution in [1.82, 2.24) is 4.90 Å². The molecule has 10 heteroatoms. The van der Waals surface area contributed by atoms with E-state index in [0.717, 1.165) is 19.6 Å². The summed E-state index contributed by atoms with van der Waals surface area (Å²) < 4.78 is 18.2. The van der Waals surface area contributed by atoms with Crippen LogP contribution in [0.2, 0.25) is 0 Å². The van der Waals surface area contributed by atoms with Crippen molar-refractivity contribution in [3.05, 3.63) is 71.8 Å². The SMILES string of the molecule is O=C(c1ccc(OCCN2CCCCC2)cc1)c1c(-c2ccc(O)c(O)c2)sc2cc(P(=O)(O)O)ccc12. The molecule has 0 atom stereocenters. The van der Waals surface area contributed by atoms with Gasteiger partial charge in [0.05, 0.1) is 5.30 Å². The maximum absolute atomic E-state index is 13.8. The molecule has 0 spiro atoms. The number of hydrogen-bond acceptors (Lipinski definition) is 7. The normalized spacial score (nSPS) is 14.6. The number of ether oxygens (including phenoxy) is 1. The Morgan fingerprint density at radius 3 is 2.34 bits per heavy atom. The largest absolute Gasteiger partial charge is 0.504 e. The van der Waals surface area contributed by atoms with E-state index in [-0.39, 0.29) is 22.6 Å². The lowest BCUT2D eigenvalue weighted by atomic mass is 9.97. The number of carbonyl (C=O) groups is 1. The van der Waals surface area contributed by atoms with E-state index < -0.39 is 7.60 Å². The van der Waals surface area contributed by atoms with E-state index >= 15 is 0 Å². The highest BCUT2D eigenvalue weighted by Gasteiger charge is 2.25.